The standard InChI is InChI=1S/C17H24BrFN4O.2ClH/c18-15-2-1-14(16(19)7-15)11-22-3-5-23(6-4-22)12-17(24)21-10-13-8-20-9-13;;/h1-2,7,13,20H,3-6,8-12H2,(H,21,24);2*1H. The molecular weight excluding hydrogens is 446 g/mol. The van der Waals surface area contributed by atoms with Gasteiger partial charge in [-0.1, -0.05) is 22.0 Å². The van der Waals surface area contributed by atoms with Crippen LogP contribution in [0, 0.1) is 11.7 Å². The zero-order chi connectivity index (χ0) is 16.9. The lowest BCUT2D eigenvalue weighted by molar-refractivity contribution is -0.122. The zero-order valence-corrected chi connectivity index (χ0v) is 17.8. The predicted molar refractivity (Wildman–Crippen MR) is 110 cm³/mol. The van der Waals surface area contributed by atoms with Gasteiger partial charge in [-0.15, -0.1) is 24.8 Å². The Kier molecular flexibility index (Phi) is 10.4. The average molecular weight is 472 g/mol. The van der Waals surface area contributed by atoms with Crippen molar-refractivity contribution < 1.29 is 9.18 Å². The molecule has 2 saturated heterocycles. The minimum atomic E-state index is -0.170. The Labute approximate surface area is 175 Å². The van der Waals surface area contributed by atoms with Crippen LogP contribution in [0.3, 0.4) is 0 Å². The number of hydrogen-bond acceptors (Lipinski definition) is 4. The van der Waals surface area contributed by atoms with E-state index in [0.29, 0.717) is 19.0 Å². The summed E-state index contributed by atoms with van der Waals surface area (Å²) in [7, 11) is 0. The monoisotopic (exact) mass is 470 g/mol. The summed E-state index contributed by atoms with van der Waals surface area (Å²) in [4.78, 5) is 16.4. The Morgan fingerprint density at radius 3 is 2.42 bits per heavy atom. The molecule has 3 rings (SSSR count). The molecule has 2 N–H and O–H groups in total. The van der Waals surface area contributed by atoms with Gasteiger partial charge in [-0.2, -0.15) is 0 Å². The highest BCUT2D eigenvalue weighted by Gasteiger charge is 2.21. The molecule has 26 heavy (non-hydrogen) atoms. The molecule has 2 aliphatic heterocycles. The summed E-state index contributed by atoms with van der Waals surface area (Å²) >= 11 is 3.28. The molecule has 0 unspecified atom stereocenters. The molecule has 1 amide bonds. The van der Waals surface area contributed by atoms with E-state index in [2.05, 4.69) is 36.4 Å². The summed E-state index contributed by atoms with van der Waals surface area (Å²) in [5.74, 6) is 0.526. The SMILES string of the molecule is Cl.Cl.O=C(CN1CCN(Cc2ccc(Br)cc2F)CC1)NCC1CNC1. The first-order valence-corrected chi connectivity index (χ1v) is 9.25. The molecule has 9 heteroatoms. The van der Waals surface area contributed by atoms with Crippen molar-refractivity contribution in [2.24, 2.45) is 5.92 Å². The van der Waals surface area contributed by atoms with E-state index < -0.39 is 0 Å². The van der Waals surface area contributed by atoms with Gasteiger partial charge in [-0.25, -0.2) is 4.39 Å². The fourth-order valence-electron chi connectivity index (χ4n) is 3.01. The Hall–Kier alpha value is -0.440. The second-order valence-electron chi connectivity index (χ2n) is 6.62. The molecule has 1 aromatic rings. The van der Waals surface area contributed by atoms with Crippen LogP contribution in [-0.2, 0) is 11.3 Å². The van der Waals surface area contributed by atoms with Crippen LogP contribution < -0.4 is 10.6 Å². The van der Waals surface area contributed by atoms with Gasteiger partial charge in [-0.3, -0.25) is 14.6 Å². The summed E-state index contributed by atoms with van der Waals surface area (Å²) in [6.07, 6.45) is 0. The van der Waals surface area contributed by atoms with Gasteiger partial charge < -0.3 is 10.6 Å². The van der Waals surface area contributed by atoms with Crippen molar-refractivity contribution in [2.45, 2.75) is 6.54 Å². The van der Waals surface area contributed by atoms with Gasteiger partial charge in [0.15, 0.2) is 0 Å². The van der Waals surface area contributed by atoms with E-state index in [-0.39, 0.29) is 36.5 Å². The quantitative estimate of drug-likeness (QED) is 0.665. The van der Waals surface area contributed by atoms with Crippen LogP contribution in [0.15, 0.2) is 22.7 Å². The van der Waals surface area contributed by atoms with Gasteiger partial charge in [0.1, 0.15) is 5.82 Å². The molecule has 5 nitrogen and oxygen atoms in total. The number of nitrogens with one attached hydrogen (secondary N) is 2. The first-order chi connectivity index (χ1) is 11.6. The van der Waals surface area contributed by atoms with Crippen LogP contribution in [0.4, 0.5) is 4.39 Å². The highest BCUT2D eigenvalue weighted by Crippen LogP contribution is 2.17. The Balaban J connectivity index is 0.00000169. The Bertz CT molecular complexity index is 584. The molecule has 0 radical (unpaired) electrons. The second-order valence-corrected chi connectivity index (χ2v) is 7.53. The first kappa shape index (κ1) is 23.6. The van der Waals surface area contributed by atoms with Crippen LogP contribution in [0.1, 0.15) is 5.56 Å². The lowest BCUT2D eigenvalue weighted by Gasteiger charge is -2.34. The van der Waals surface area contributed by atoms with E-state index in [0.717, 1.165) is 55.8 Å². The molecule has 0 aliphatic carbocycles. The van der Waals surface area contributed by atoms with E-state index in [1.54, 1.807) is 0 Å². The highest BCUT2D eigenvalue weighted by atomic mass is 79.9. The first-order valence-electron chi connectivity index (χ1n) is 8.46. The number of piperazine rings is 1. The molecule has 0 atom stereocenters. The zero-order valence-electron chi connectivity index (χ0n) is 14.5. The molecule has 0 spiro atoms. The lowest BCUT2D eigenvalue weighted by Crippen LogP contribution is -2.51. The van der Waals surface area contributed by atoms with Crippen LogP contribution >= 0.6 is 40.7 Å². The maximum Gasteiger partial charge on any atom is 0.234 e. The summed E-state index contributed by atoms with van der Waals surface area (Å²) in [6, 6.07) is 5.21. The minimum absolute atomic E-state index is 0. The average Bonchev–Trinajstić information content (AvgIpc) is 2.50. The van der Waals surface area contributed by atoms with E-state index in [1.807, 2.05) is 12.1 Å². The number of carbonyl (C=O) groups excluding carboxylic acids is 1. The van der Waals surface area contributed by atoms with E-state index in [9.17, 15) is 9.18 Å². The maximum atomic E-state index is 13.9. The van der Waals surface area contributed by atoms with Gasteiger partial charge >= 0.3 is 0 Å². The van der Waals surface area contributed by atoms with E-state index in [1.165, 1.54) is 6.07 Å². The second kappa shape index (κ2) is 11.4. The molecule has 0 saturated carbocycles. The molecule has 2 fully saturated rings. The Morgan fingerprint density at radius 1 is 1.19 bits per heavy atom. The molecule has 1 aromatic carbocycles. The van der Waals surface area contributed by atoms with Crippen LogP contribution in [0.5, 0.6) is 0 Å². The number of rotatable bonds is 6. The van der Waals surface area contributed by atoms with Crippen molar-refractivity contribution in [3.63, 3.8) is 0 Å². The summed E-state index contributed by atoms with van der Waals surface area (Å²) in [5.41, 5.74) is 0.721. The number of carbonyl (C=O) groups is 1. The molecule has 2 heterocycles. The van der Waals surface area contributed by atoms with Crippen molar-refractivity contribution in [2.75, 3.05) is 52.4 Å². The van der Waals surface area contributed by atoms with E-state index in [4.69, 9.17) is 0 Å². The van der Waals surface area contributed by atoms with Gasteiger partial charge in [0, 0.05) is 68.3 Å². The van der Waals surface area contributed by atoms with Crippen LogP contribution in [0.2, 0.25) is 0 Å². The minimum Gasteiger partial charge on any atom is -0.355 e. The third kappa shape index (κ3) is 6.94. The van der Waals surface area contributed by atoms with Gasteiger partial charge in [-0.05, 0) is 12.1 Å². The van der Waals surface area contributed by atoms with Gasteiger partial charge in [0.05, 0.1) is 6.54 Å². The number of amides is 1. The third-order valence-electron chi connectivity index (χ3n) is 4.70. The lowest BCUT2D eigenvalue weighted by atomic mass is 10.0. The third-order valence-corrected chi connectivity index (χ3v) is 5.19. The van der Waals surface area contributed by atoms with Crippen LogP contribution in [-0.4, -0.2) is 68.1 Å². The smallest absolute Gasteiger partial charge is 0.234 e. The van der Waals surface area contributed by atoms with Crippen molar-refractivity contribution in [3.05, 3.63) is 34.1 Å². The Morgan fingerprint density at radius 2 is 1.85 bits per heavy atom. The fourth-order valence-corrected chi connectivity index (χ4v) is 3.34. The van der Waals surface area contributed by atoms with Gasteiger partial charge in [0.25, 0.3) is 0 Å². The van der Waals surface area contributed by atoms with Crippen molar-refractivity contribution in [1.82, 2.24) is 20.4 Å². The van der Waals surface area contributed by atoms with E-state index >= 15 is 0 Å². The highest BCUT2D eigenvalue weighted by molar-refractivity contribution is 9.10. The molecular formula is C17H26BrCl2FN4O. The van der Waals surface area contributed by atoms with Crippen molar-refractivity contribution >= 4 is 46.7 Å². The fraction of sp³-hybridized carbons (Fsp3) is 0.588. The van der Waals surface area contributed by atoms with Crippen molar-refractivity contribution in [1.29, 1.82) is 0 Å². The summed E-state index contributed by atoms with van der Waals surface area (Å²) in [6.45, 7) is 7.26. The molecule has 148 valence electrons. The summed E-state index contributed by atoms with van der Waals surface area (Å²) in [5, 5.41) is 6.21. The van der Waals surface area contributed by atoms with Gasteiger partial charge in [0.2, 0.25) is 5.91 Å². The molecule has 0 aromatic heterocycles. The maximum absolute atomic E-state index is 13.9. The predicted octanol–water partition coefficient (Wildman–Crippen LogP) is 1.88. The normalized spacial score (nSPS) is 18.4. The largest absolute Gasteiger partial charge is 0.355 e. The molecule has 0 bridgehead atoms. The number of nitrogens with zero attached hydrogens (tertiary/aromatic N) is 2. The topological polar surface area (TPSA) is 47.6 Å². The van der Waals surface area contributed by atoms with Crippen molar-refractivity contribution in [3.8, 4) is 0 Å². The number of hydrogen-bond donors (Lipinski definition) is 2. The number of halogens is 4. The molecule has 2 aliphatic rings. The number of benzene rings is 1. The summed E-state index contributed by atoms with van der Waals surface area (Å²) < 4.78 is 14.7. The van der Waals surface area contributed by atoms with Crippen LogP contribution in [0.25, 0.3) is 0 Å².